The highest BCUT2D eigenvalue weighted by atomic mass is 16.2. The standard InChI is InChI=1S/C16H26N2O/c1-5-12-8-7-9-13(6-2)15(12)18-16(19)14(17)10-11(3)4/h7-9,11,14H,5-6,10,17H2,1-4H3,(H,18,19)/t14-/m1/s1. The number of aryl methyl sites for hydroxylation is 2. The van der Waals surface area contributed by atoms with Crippen LogP contribution in [0.25, 0.3) is 0 Å². The van der Waals surface area contributed by atoms with Crippen molar-refractivity contribution in [1.82, 2.24) is 0 Å². The molecule has 1 rings (SSSR count). The van der Waals surface area contributed by atoms with Gasteiger partial charge < -0.3 is 11.1 Å². The Bertz CT molecular complexity index is 405. The van der Waals surface area contributed by atoms with Gasteiger partial charge in [0.25, 0.3) is 0 Å². The number of nitrogens with one attached hydrogen (secondary N) is 1. The van der Waals surface area contributed by atoms with Gasteiger partial charge in [-0.15, -0.1) is 0 Å². The van der Waals surface area contributed by atoms with Gasteiger partial charge in [0.2, 0.25) is 5.91 Å². The monoisotopic (exact) mass is 262 g/mol. The lowest BCUT2D eigenvalue weighted by atomic mass is 10.0. The predicted molar refractivity (Wildman–Crippen MR) is 81.3 cm³/mol. The number of carbonyl (C=O) groups excluding carboxylic acids is 1. The maximum Gasteiger partial charge on any atom is 0.241 e. The molecule has 0 aromatic heterocycles. The first-order valence-corrected chi connectivity index (χ1v) is 7.16. The molecule has 0 unspecified atom stereocenters. The molecule has 0 heterocycles. The van der Waals surface area contributed by atoms with E-state index in [1.165, 1.54) is 11.1 Å². The number of hydrogen-bond donors (Lipinski definition) is 2. The van der Waals surface area contributed by atoms with Crippen LogP contribution in [0, 0.1) is 5.92 Å². The fourth-order valence-electron chi connectivity index (χ4n) is 2.23. The first-order chi connectivity index (χ1) is 8.99. The fourth-order valence-corrected chi connectivity index (χ4v) is 2.23. The van der Waals surface area contributed by atoms with E-state index in [0.717, 1.165) is 18.5 Å². The predicted octanol–water partition coefficient (Wildman–Crippen LogP) is 3.12. The molecular formula is C16H26N2O. The van der Waals surface area contributed by atoms with Crippen LogP contribution in [0.5, 0.6) is 0 Å². The van der Waals surface area contributed by atoms with Crippen LogP contribution >= 0.6 is 0 Å². The molecule has 3 N–H and O–H groups in total. The summed E-state index contributed by atoms with van der Waals surface area (Å²) in [6.45, 7) is 8.34. The normalized spacial score (nSPS) is 12.5. The van der Waals surface area contributed by atoms with E-state index in [4.69, 9.17) is 5.73 Å². The van der Waals surface area contributed by atoms with Crippen molar-refractivity contribution >= 4 is 11.6 Å². The van der Waals surface area contributed by atoms with E-state index in [2.05, 4.69) is 45.1 Å². The highest BCUT2D eigenvalue weighted by Crippen LogP contribution is 2.23. The summed E-state index contributed by atoms with van der Waals surface area (Å²) in [6.07, 6.45) is 2.52. The third kappa shape index (κ3) is 4.35. The topological polar surface area (TPSA) is 55.1 Å². The van der Waals surface area contributed by atoms with Gasteiger partial charge >= 0.3 is 0 Å². The molecular weight excluding hydrogens is 236 g/mol. The lowest BCUT2D eigenvalue weighted by molar-refractivity contribution is -0.117. The van der Waals surface area contributed by atoms with Crippen molar-refractivity contribution in [2.24, 2.45) is 11.7 Å². The number of para-hydroxylation sites is 1. The molecule has 1 aromatic carbocycles. The van der Waals surface area contributed by atoms with Crippen molar-refractivity contribution in [3.63, 3.8) is 0 Å². The van der Waals surface area contributed by atoms with Gasteiger partial charge in [0.05, 0.1) is 6.04 Å². The summed E-state index contributed by atoms with van der Waals surface area (Å²) in [5.41, 5.74) is 9.23. The molecule has 106 valence electrons. The molecule has 0 bridgehead atoms. The highest BCUT2D eigenvalue weighted by Gasteiger charge is 2.17. The van der Waals surface area contributed by atoms with Gasteiger partial charge in [-0.25, -0.2) is 0 Å². The molecule has 3 nitrogen and oxygen atoms in total. The quantitative estimate of drug-likeness (QED) is 0.827. The molecule has 19 heavy (non-hydrogen) atoms. The van der Waals surface area contributed by atoms with Crippen molar-refractivity contribution in [2.45, 2.75) is 53.0 Å². The first kappa shape index (κ1) is 15.7. The van der Waals surface area contributed by atoms with Crippen LogP contribution in [0.15, 0.2) is 18.2 Å². The second-order valence-corrected chi connectivity index (χ2v) is 5.38. The first-order valence-electron chi connectivity index (χ1n) is 7.16. The lowest BCUT2D eigenvalue weighted by Crippen LogP contribution is -2.37. The summed E-state index contributed by atoms with van der Waals surface area (Å²) in [5, 5.41) is 3.02. The Morgan fingerprint density at radius 1 is 1.21 bits per heavy atom. The molecule has 3 heteroatoms. The van der Waals surface area contributed by atoms with Crippen LogP contribution in [0.3, 0.4) is 0 Å². The Morgan fingerprint density at radius 3 is 2.16 bits per heavy atom. The van der Waals surface area contributed by atoms with Crippen LogP contribution in [0.1, 0.15) is 45.2 Å². The van der Waals surface area contributed by atoms with E-state index in [9.17, 15) is 4.79 Å². The molecule has 1 atom stereocenters. The number of amides is 1. The molecule has 1 aromatic rings. The van der Waals surface area contributed by atoms with Crippen molar-refractivity contribution in [3.05, 3.63) is 29.3 Å². The Morgan fingerprint density at radius 2 is 1.74 bits per heavy atom. The van der Waals surface area contributed by atoms with Gasteiger partial charge in [0.1, 0.15) is 0 Å². The van der Waals surface area contributed by atoms with E-state index in [0.29, 0.717) is 12.3 Å². The molecule has 0 spiro atoms. The lowest BCUT2D eigenvalue weighted by Gasteiger charge is -2.18. The number of rotatable bonds is 6. The van der Waals surface area contributed by atoms with Crippen LogP contribution in [0.2, 0.25) is 0 Å². The van der Waals surface area contributed by atoms with E-state index in [1.54, 1.807) is 0 Å². The van der Waals surface area contributed by atoms with Crippen molar-refractivity contribution < 1.29 is 4.79 Å². The van der Waals surface area contributed by atoms with Crippen LogP contribution in [-0.2, 0) is 17.6 Å². The molecule has 0 saturated heterocycles. The zero-order chi connectivity index (χ0) is 14.4. The number of hydrogen-bond acceptors (Lipinski definition) is 2. The second-order valence-electron chi connectivity index (χ2n) is 5.38. The zero-order valence-corrected chi connectivity index (χ0v) is 12.5. The minimum absolute atomic E-state index is 0.0794. The molecule has 0 saturated carbocycles. The molecule has 0 aliphatic rings. The smallest absolute Gasteiger partial charge is 0.241 e. The van der Waals surface area contributed by atoms with Crippen LogP contribution in [-0.4, -0.2) is 11.9 Å². The Kier molecular flexibility index (Phi) is 6.03. The van der Waals surface area contributed by atoms with E-state index in [1.807, 2.05) is 6.07 Å². The highest BCUT2D eigenvalue weighted by molar-refractivity contribution is 5.96. The van der Waals surface area contributed by atoms with Gasteiger partial charge in [-0.1, -0.05) is 45.9 Å². The molecule has 0 fully saturated rings. The average molecular weight is 262 g/mol. The molecule has 1 amide bonds. The summed E-state index contributed by atoms with van der Waals surface area (Å²) in [5.74, 6) is 0.345. The third-order valence-electron chi connectivity index (χ3n) is 3.31. The Hall–Kier alpha value is -1.35. The summed E-state index contributed by atoms with van der Waals surface area (Å²) in [6, 6.07) is 5.72. The maximum absolute atomic E-state index is 12.1. The Balaban J connectivity index is 2.89. The molecule has 0 aliphatic carbocycles. The maximum atomic E-state index is 12.1. The zero-order valence-electron chi connectivity index (χ0n) is 12.5. The molecule has 0 aliphatic heterocycles. The summed E-state index contributed by atoms with van der Waals surface area (Å²) in [4.78, 5) is 12.1. The minimum atomic E-state index is -0.436. The van der Waals surface area contributed by atoms with Gasteiger partial charge in [0, 0.05) is 5.69 Å². The van der Waals surface area contributed by atoms with Gasteiger partial charge in [-0.05, 0) is 36.3 Å². The Labute approximate surface area is 116 Å². The van der Waals surface area contributed by atoms with Gasteiger partial charge in [-0.3, -0.25) is 4.79 Å². The van der Waals surface area contributed by atoms with Crippen LogP contribution < -0.4 is 11.1 Å². The second kappa shape index (κ2) is 7.29. The number of nitrogens with two attached hydrogens (primary N) is 1. The number of benzene rings is 1. The largest absolute Gasteiger partial charge is 0.324 e. The average Bonchev–Trinajstić information content (AvgIpc) is 2.37. The van der Waals surface area contributed by atoms with E-state index < -0.39 is 6.04 Å². The van der Waals surface area contributed by atoms with Crippen molar-refractivity contribution in [2.75, 3.05) is 5.32 Å². The van der Waals surface area contributed by atoms with Crippen LogP contribution in [0.4, 0.5) is 5.69 Å². The van der Waals surface area contributed by atoms with Crippen molar-refractivity contribution in [3.8, 4) is 0 Å². The summed E-state index contributed by atoms with van der Waals surface area (Å²) < 4.78 is 0. The SMILES string of the molecule is CCc1cccc(CC)c1NC(=O)[C@H](N)CC(C)C. The number of anilines is 1. The third-order valence-corrected chi connectivity index (χ3v) is 3.31. The van der Waals surface area contributed by atoms with Crippen molar-refractivity contribution in [1.29, 1.82) is 0 Å². The number of carbonyl (C=O) groups is 1. The van der Waals surface area contributed by atoms with Gasteiger partial charge in [0.15, 0.2) is 0 Å². The fraction of sp³-hybridized carbons (Fsp3) is 0.562. The van der Waals surface area contributed by atoms with E-state index in [-0.39, 0.29) is 5.91 Å². The summed E-state index contributed by atoms with van der Waals surface area (Å²) >= 11 is 0. The summed E-state index contributed by atoms with van der Waals surface area (Å²) in [7, 11) is 0. The molecule has 0 radical (unpaired) electrons. The van der Waals surface area contributed by atoms with Gasteiger partial charge in [-0.2, -0.15) is 0 Å². The minimum Gasteiger partial charge on any atom is -0.324 e. The van der Waals surface area contributed by atoms with E-state index >= 15 is 0 Å².